The van der Waals surface area contributed by atoms with Crippen molar-refractivity contribution < 1.29 is 4.79 Å². The summed E-state index contributed by atoms with van der Waals surface area (Å²) in [6.45, 7) is 1.64. The van der Waals surface area contributed by atoms with E-state index in [0.29, 0.717) is 11.9 Å². The summed E-state index contributed by atoms with van der Waals surface area (Å²) in [6, 6.07) is 4.38. The van der Waals surface area contributed by atoms with Gasteiger partial charge in [0.1, 0.15) is 5.82 Å². The molecule has 1 aliphatic carbocycles. The molecule has 0 radical (unpaired) electrons. The Morgan fingerprint density at radius 1 is 1.26 bits per heavy atom. The Kier molecular flexibility index (Phi) is 6.59. The van der Waals surface area contributed by atoms with Crippen LogP contribution in [0.15, 0.2) is 18.3 Å². The monoisotopic (exact) mass is 339 g/mol. The number of nitrogens with two attached hydrogens (primary N) is 1. The Balaban J connectivity index is 0.00000192. The SMILES string of the molecule is Cl.NC1CCCC(C(=O)N2CCC(Nc3cccnn3)CC2)C1. The van der Waals surface area contributed by atoms with Crippen LogP contribution in [0.2, 0.25) is 0 Å². The molecule has 1 amide bonds. The number of carbonyl (C=O) groups is 1. The van der Waals surface area contributed by atoms with E-state index in [9.17, 15) is 4.79 Å². The number of nitrogens with one attached hydrogen (secondary N) is 1. The Bertz CT molecular complexity index is 493. The summed E-state index contributed by atoms with van der Waals surface area (Å²) in [5.74, 6) is 1.27. The van der Waals surface area contributed by atoms with E-state index in [4.69, 9.17) is 5.73 Å². The number of amides is 1. The molecule has 23 heavy (non-hydrogen) atoms. The number of likely N-dealkylation sites (tertiary alicyclic amines) is 1. The van der Waals surface area contributed by atoms with Gasteiger partial charge in [-0.25, -0.2) is 0 Å². The molecule has 1 saturated carbocycles. The van der Waals surface area contributed by atoms with Gasteiger partial charge in [0.15, 0.2) is 0 Å². The molecule has 7 heteroatoms. The van der Waals surface area contributed by atoms with Crippen LogP contribution in [0.4, 0.5) is 5.82 Å². The first-order chi connectivity index (χ1) is 10.7. The number of halogens is 1. The van der Waals surface area contributed by atoms with Crippen molar-refractivity contribution in [2.24, 2.45) is 11.7 Å². The number of hydrogen-bond donors (Lipinski definition) is 2. The van der Waals surface area contributed by atoms with Gasteiger partial charge in [-0.3, -0.25) is 4.79 Å². The van der Waals surface area contributed by atoms with Crippen molar-refractivity contribution in [3.05, 3.63) is 18.3 Å². The van der Waals surface area contributed by atoms with E-state index in [0.717, 1.165) is 57.4 Å². The summed E-state index contributed by atoms with van der Waals surface area (Å²) in [4.78, 5) is 14.6. The fourth-order valence-corrected chi connectivity index (χ4v) is 3.54. The van der Waals surface area contributed by atoms with Crippen molar-refractivity contribution in [2.75, 3.05) is 18.4 Å². The predicted molar refractivity (Wildman–Crippen MR) is 92.4 cm³/mol. The molecule has 3 rings (SSSR count). The third-order valence-corrected chi connectivity index (χ3v) is 4.79. The number of aromatic nitrogens is 2. The van der Waals surface area contributed by atoms with Gasteiger partial charge < -0.3 is 16.0 Å². The average Bonchev–Trinajstić information content (AvgIpc) is 2.56. The molecule has 2 unspecified atom stereocenters. The molecule has 1 saturated heterocycles. The number of rotatable bonds is 3. The van der Waals surface area contributed by atoms with Gasteiger partial charge in [-0.2, -0.15) is 5.10 Å². The summed E-state index contributed by atoms with van der Waals surface area (Å²) in [6.07, 6.45) is 7.60. The average molecular weight is 340 g/mol. The lowest BCUT2D eigenvalue weighted by Crippen LogP contribution is -2.46. The van der Waals surface area contributed by atoms with Crippen molar-refractivity contribution in [1.82, 2.24) is 15.1 Å². The summed E-state index contributed by atoms with van der Waals surface area (Å²) in [5, 5.41) is 11.3. The highest BCUT2D eigenvalue weighted by Gasteiger charge is 2.31. The van der Waals surface area contributed by atoms with Gasteiger partial charge >= 0.3 is 0 Å². The van der Waals surface area contributed by atoms with Crippen molar-refractivity contribution in [1.29, 1.82) is 0 Å². The minimum absolute atomic E-state index is 0. The number of nitrogens with zero attached hydrogens (tertiary/aromatic N) is 3. The zero-order valence-corrected chi connectivity index (χ0v) is 14.2. The molecule has 128 valence electrons. The normalized spacial score (nSPS) is 25.5. The second-order valence-electron chi connectivity index (χ2n) is 6.48. The van der Waals surface area contributed by atoms with Crippen LogP contribution in [0, 0.1) is 5.92 Å². The molecule has 2 heterocycles. The summed E-state index contributed by atoms with van der Waals surface area (Å²) in [7, 11) is 0. The summed E-state index contributed by atoms with van der Waals surface area (Å²) >= 11 is 0. The fourth-order valence-electron chi connectivity index (χ4n) is 3.54. The Morgan fingerprint density at radius 3 is 2.70 bits per heavy atom. The first-order valence-corrected chi connectivity index (χ1v) is 8.31. The van der Waals surface area contributed by atoms with Crippen molar-refractivity contribution in [3.63, 3.8) is 0 Å². The molecule has 2 aliphatic rings. The maximum absolute atomic E-state index is 12.6. The molecule has 3 N–H and O–H groups in total. The van der Waals surface area contributed by atoms with E-state index in [1.165, 1.54) is 0 Å². The van der Waals surface area contributed by atoms with Crippen molar-refractivity contribution in [2.45, 2.75) is 50.6 Å². The van der Waals surface area contributed by atoms with Crippen molar-refractivity contribution >= 4 is 24.1 Å². The zero-order valence-electron chi connectivity index (χ0n) is 13.4. The topological polar surface area (TPSA) is 84.1 Å². The number of hydrogen-bond acceptors (Lipinski definition) is 5. The highest BCUT2D eigenvalue weighted by Crippen LogP contribution is 2.26. The maximum Gasteiger partial charge on any atom is 0.225 e. The van der Waals surface area contributed by atoms with Crippen LogP contribution in [0.5, 0.6) is 0 Å². The van der Waals surface area contributed by atoms with Gasteiger partial charge in [0.25, 0.3) is 0 Å². The molecule has 2 atom stereocenters. The second kappa shape index (κ2) is 8.45. The fraction of sp³-hybridized carbons (Fsp3) is 0.688. The first kappa shape index (κ1) is 17.9. The van der Waals surface area contributed by atoms with E-state index in [2.05, 4.69) is 15.5 Å². The van der Waals surface area contributed by atoms with Crippen LogP contribution in [0.25, 0.3) is 0 Å². The van der Waals surface area contributed by atoms with E-state index in [1.54, 1.807) is 6.20 Å². The van der Waals surface area contributed by atoms with Crippen LogP contribution >= 0.6 is 12.4 Å². The highest BCUT2D eigenvalue weighted by atomic mass is 35.5. The molecule has 1 aromatic rings. The third-order valence-electron chi connectivity index (χ3n) is 4.79. The van der Waals surface area contributed by atoms with E-state index >= 15 is 0 Å². The zero-order chi connectivity index (χ0) is 15.4. The molecule has 1 aliphatic heterocycles. The van der Waals surface area contributed by atoms with E-state index in [1.807, 2.05) is 17.0 Å². The number of anilines is 1. The molecule has 1 aromatic heterocycles. The van der Waals surface area contributed by atoms with Crippen LogP contribution in [0.1, 0.15) is 38.5 Å². The van der Waals surface area contributed by atoms with Crippen LogP contribution in [0.3, 0.4) is 0 Å². The van der Waals surface area contributed by atoms with Crippen LogP contribution < -0.4 is 11.1 Å². The second-order valence-corrected chi connectivity index (χ2v) is 6.48. The van der Waals surface area contributed by atoms with Gasteiger partial charge in [-0.05, 0) is 44.2 Å². The summed E-state index contributed by atoms with van der Waals surface area (Å²) < 4.78 is 0. The minimum Gasteiger partial charge on any atom is -0.366 e. The van der Waals surface area contributed by atoms with Crippen LogP contribution in [-0.4, -0.2) is 46.2 Å². The lowest BCUT2D eigenvalue weighted by Gasteiger charge is -2.36. The largest absolute Gasteiger partial charge is 0.366 e. The Morgan fingerprint density at radius 2 is 2.04 bits per heavy atom. The van der Waals surface area contributed by atoms with Gasteiger partial charge in [0.05, 0.1) is 0 Å². The molecular formula is C16H26ClN5O. The van der Waals surface area contributed by atoms with Gasteiger partial charge in [-0.1, -0.05) is 6.42 Å². The minimum atomic E-state index is 0. The number of carbonyl (C=O) groups excluding carboxylic acids is 1. The van der Waals surface area contributed by atoms with Gasteiger partial charge in [0, 0.05) is 37.3 Å². The lowest BCUT2D eigenvalue weighted by atomic mass is 9.85. The summed E-state index contributed by atoms with van der Waals surface area (Å²) in [5.41, 5.74) is 6.01. The lowest BCUT2D eigenvalue weighted by molar-refractivity contribution is -0.137. The highest BCUT2D eigenvalue weighted by molar-refractivity contribution is 5.85. The first-order valence-electron chi connectivity index (χ1n) is 8.31. The number of piperidine rings is 1. The van der Waals surface area contributed by atoms with E-state index < -0.39 is 0 Å². The molecule has 0 bridgehead atoms. The molecule has 0 spiro atoms. The van der Waals surface area contributed by atoms with Gasteiger partial charge in [-0.15, -0.1) is 17.5 Å². The predicted octanol–water partition coefficient (Wildman–Crippen LogP) is 1.82. The standard InChI is InChI=1S/C16H25N5O.ClH/c17-13-4-1-3-12(11-13)16(22)21-9-6-14(7-10-21)19-15-5-2-8-18-20-15;/h2,5,8,12-14H,1,3-4,6-7,9-11,17H2,(H,19,20);1H. The molecular weight excluding hydrogens is 314 g/mol. The third kappa shape index (κ3) is 4.78. The smallest absolute Gasteiger partial charge is 0.225 e. The maximum atomic E-state index is 12.6. The van der Waals surface area contributed by atoms with E-state index in [-0.39, 0.29) is 24.4 Å². The van der Waals surface area contributed by atoms with Crippen LogP contribution in [-0.2, 0) is 4.79 Å². The molecule has 0 aromatic carbocycles. The van der Waals surface area contributed by atoms with Crippen molar-refractivity contribution in [3.8, 4) is 0 Å². The Hall–Kier alpha value is -1.40. The quantitative estimate of drug-likeness (QED) is 0.877. The Labute approximate surface area is 143 Å². The molecule has 2 fully saturated rings. The molecule has 6 nitrogen and oxygen atoms in total. The van der Waals surface area contributed by atoms with Gasteiger partial charge in [0.2, 0.25) is 5.91 Å².